The standard InChI is InChI=1S/C28H46O3/c1-17(2)18(3)6-7-19(4)22-8-9-23-26-24(11-12-27(22,23)5)28(16-29)13-10-21(30)14-20(28)15-25(26)31/h15,17,19,21-26,29-31H,3,6-14,16H2,1-2,4-5H3/t19-,21+,22-,23?,24?,25+,26?,27-,28-/m1/s1. The first-order valence-corrected chi connectivity index (χ1v) is 13.0. The Morgan fingerprint density at radius 1 is 1.10 bits per heavy atom. The van der Waals surface area contributed by atoms with E-state index in [4.69, 9.17) is 0 Å². The molecule has 3 fully saturated rings. The van der Waals surface area contributed by atoms with Gasteiger partial charge in [-0.25, -0.2) is 0 Å². The van der Waals surface area contributed by atoms with Crippen molar-refractivity contribution in [3.05, 3.63) is 23.8 Å². The quantitative estimate of drug-likeness (QED) is 0.488. The topological polar surface area (TPSA) is 60.7 Å². The lowest BCUT2D eigenvalue weighted by atomic mass is 9.46. The van der Waals surface area contributed by atoms with Crippen LogP contribution in [0.5, 0.6) is 0 Å². The monoisotopic (exact) mass is 430 g/mol. The lowest BCUT2D eigenvalue weighted by Gasteiger charge is -2.60. The van der Waals surface area contributed by atoms with Crippen molar-refractivity contribution in [3.63, 3.8) is 0 Å². The SMILES string of the molecule is C=C(CC[C@@H](C)[C@H]1CCC2C3C(CC[C@@]21C)[C@@]1(CO)CC[C@H](O)CC1=C[C@@H]3O)C(C)C. The molecule has 0 aromatic carbocycles. The largest absolute Gasteiger partial charge is 0.395 e. The fraction of sp³-hybridized carbons (Fsp3) is 0.857. The van der Waals surface area contributed by atoms with Gasteiger partial charge in [0.05, 0.1) is 18.8 Å². The maximum Gasteiger partial charge on any atom is 0.0757 e. The molecule has 0 bridgehead atoms. The van der Waals surface area contributed by atoms with Gasteiger partial charge in [0.25, 0.3) is 0 Å². The molecule has 4 aliphatic rings. The Balaban J connectivity index is 1.56. The molecule has 3 saturated carbocycles. The van der Waals surface area contributed by atoms with Crippen LogP contribution >= 0.6 is 0 Å². The third-order valence-corrected chi connectivity index (χ3v) is 10.6. The predicted molar refractivity (Wildman–Crippen MR) is 126 cm³/mol. The third kappa shape index (κ3) is 3.77. The summed E-state index contributed by atoms with van der Waals surface area (Å²) in [5, 5.41) is 32.1. The molecule has 3 unspecified atom stereocenters. The summed E-state index contributed by atoms with van der Waals surface area (Å²) in [6, 6.07) is 0. The molecule has 4 rings (SSSR count). The molecule has 0 aromatic heterocycles. The zero-order chi connectivity index (χ0) is 22.6. The Morgan fingerprint density at radius 3 is 2.52 bits per heavy atom. The van der Waals surface area contributed by atoms with Crippen LogP contribution < -0.4 is 0 Å². The van der Waals surface area contributed by atoms with E-state index in [2.05, 4.69) is 40.3 Å². The summed E-state index contributed by atoms with van der Waals surface area (Å²) in [7, 11) is 0. The average molecular weight is 431 g/mol. The van der Waals surface area contributed by atoms with E-state index in [1.54, 1.807) is 0 Å². The van der Waals surface area contributed by atoms with Crippen LogP contribution in [0, 0.1) is 46.3 Å². The predicted octanol–water partition coefficient (Wildman–Crippen LogP) is 5.50. The van der Waals surface area contributed by atoms with Gasteiger partial charge in [0.1, 0.15) is 0 Å². The molecule has 0 spiro atoms. The van der Waals surface area contributed by atoms with E-state index in [9.17, 15) is 15.3 Å². The second-order valence-electron chi connectivity index (χ2n) is 12.2. The van der Waals surface area contributed by atoms with Crippen LogP contribution in [-0.2, 0) is 0 Å². The number of hydrogen-bond acceptors (Lipinski definition) is 3. The van der Waals surface area contributed by atoms with Gasteiger partial charge in [-0.05, 0) is 98.7 Å². The molecular formula is C28H46O3. The van der Waals surface area contributed by atoms with Crippen molar-refractivity contribution in [2.45, 2.75) is 97.7 Å². The first-order valence-electron chi connectivity index (χ1n) is 13.0. The van der Waals surface area contributed by atoms with Crippen molar-refractivity contribution in [2.24, 2.45) is 46.3 Å². The second kappa shape index (κ2) is 8.61. The summed E-state index contributed by atoms with van der Waals surface area (Å²) in [6.45, 7) is 13.9. The Hall–Kier alpha value is -0.640. The zero-order valence-electron chi connectivity index (χ0n) is 20.3. The molecule has 3 nitrogen and oxygen atoms in total. The van der Waals surface area contributed by atoms with E-state index in [0.717, 1.165) is 31.3 Å². The molecule has 176 valence electrons. The number of hydrogen-bond donors (Lipinski definition) is 3. The summed E-state index contributed by atoms with van der Waals surface area (Å²) >= 11 is 0. The molecule has 3 heteroatoms. The number of allylic oxidation sites excluding steroid dienone is 1. The van der Waals surface area contributed by atoms with Crippen molar-refractivity contribution in [3.8, 4) is 0 Å². The second-order valence-corrected chi connectivity index (χ2v) is 12.2. The Labute approximate surface area is 190 Å². The Morgan fingerprint density at radius 2 is 1.84 bits per heavy atom. The Kier molecular flexibility index (Phi) is 6.53. The lowest BCUT2D eigenvalue weighted by Crippen LogP contribution is -2.57. The first kappa shape index (κ1) is 23.5. The molecule has 0 saturated heterocycles. The van der Waals surface area contributed by atoms with Gasteiger partial charge < -0.3 is 15.3 Å². The highest BCUT2D eigenvalue weighted by Gasteiger charge is 2.62. The Bertz CT molecular complexity index is 711. The highest BCUT2D eigenvalue weighted by atomic mass is 16.3. The van der Waals surface area contributed by atoms with Crippen molar-refractivity contribution in [1.82, 2.24) is 0 Å². The minimum Gasteiger partial charge on any atom is -0.395 e. The van der Waals surface area contributed by atoms with Crippen LogP contribution in [-0.4, -0.2) is 34.1 Å². The molecule has 9 atom stereocenters. The molecule has 0 radical (unpaired) electrons. The molecular weight excluding hydrogens is 384 g/mol. The van der Waals surface area contributed by atoms with Crippen LogP contribution in [0.2, 0.25) is 0 Å². The summed E-state index contributed by atoms with van der Waals surface area (Å²) in [6.07, 6.45) is 10.7. The van der Waals surface area contributed by atoms with Crippen LogP contribution in [0.15, 0.2) is 23.8 Å². The number of fused-ring (bicyclic) bond motifs is 5. The third-order valence-electron chi connectivity index (χ3n) is 10.6. The summed E-state index contributed by atoms with van der Waals surface area (Å²) in [5.74, 6) is 3.12. The van der Waals surface area contributed by atoms with Crippen molar-refractivity contribution in [1.29, 1.82) is 0 Å². The van der Waals surface area contributed by atoms with E-state index in [-0.39, 0.29) is 29.5 Å². The molecule has 0 amide bonds. The molecule has 31 heavy (non-hydrogen) atoms. The average Bonchev–Trinajstić information content (AvgIpc) is 3.08. The van der Waals surface area contributed by atoms with Gasteiger partial charge in [-0.2, -0.15) is 0 Å². The summed E-state index contributed by atoms with van der Waals surface area (Å²) in [4.78, 5) is 0. The van der Waals surface area contributed by atoms with Gasteiger partial charge >= 0.3 is 0 Å². The summed E-state index contributed by atoms with van der Waals surface area (Å²) in [5.41, 5.74) is 2.60. The highest BCUT2D eigenvalue weighted by molar-refractivity contribution is 5.29. The minimum absolute atomic E-state index is 0.167. The lowest BCUT2D eigenvalue weighted by molar-refractivity contribution is -0.114. The van der Waals surface area contributed by atoms with E-state index in [1.807, 2.05) is 0 Å². The van der Waals surface area contributed by atoms with Crippen LogP contribution in [0.3, 0.4) is 0 Å². The van der Waals surface area contributed by atoms with Gasteiger partial charge in [-0.15, -0.1) is 0 Å². The maximum absolute atomic E-state index is 11.3. The number of aliphatic hydroxyl groups excluding tert-OH is 3. The number of rotatable bonds is 6. The zero-order valence-corrected chi connectivity index (χ0v) is 20.3. The van der Waals surface area contributed by atoms with Gasteiger partial charge in [0.15, 0.2) is 0 Å². The fourth-order valence-corrected chi connectivity index (χ4v) is 8.61. The maximum atomic E-state index is 11.3. The molecule has 0 aliphatic heterocycles. The first-order chi connectivity index (χ1) is 14.6. The van der Waals surface area contributed by atoms with Crippen LogP contribution in [0.1, 0.15) is 85.5 Å². The normalized spacial score (nSPS) is 45.5. The van der Waals surface area contributed by atoms with E-state index in [0.29, 0.717) is 36.0 Å². The summed E-state index contributed by atoms with van der Waals surface area (Å²) < 4.78 is 0. The van der Waals surface area contributed by atoms with E-state index in [1.165, 1.54) is 31.3 Å². The number of aliphatic hydroxyl groups is 3. The van der Waals surface area contributed by atoms with Crippen molar-refractivity contribution in [2.75, 3.05) is 6.61 Å². The van der Waals surface area contributed by atoms with Crippen LogP contribution in [0.4, 0.5) is 0 Å². The molecule has 0 aromatic rings. The van der Waals surface area contributed by atoms with Crippen molar-refractivity contribution >= 4 is 0 Å². The smallest absolute Gasteiger partial charge is 0.0757 e. The highest BCUT2D eigenvalue weighted by Crippen LogP contribution is 2.67. The van der Waals surface area contributed by atoms with Gasteiger partial charge in [0, 0.05) is 5.41 Å². The molecule has 3 N–H and O–H groups in total. The fourth-order valence-electron chi connectivity index (χ4n) is 8.61. The molecule has 4 aliphatic carbocycles. The van der Waals surface area contributed by atoms with Crippen molar-refractivity contribution < 1.29 is 15.3 Å². The van der Waals surface area contributed by atoms with Gasteiger partial charge in [0.2, 0.25) is 0 Å². The van der Waals surface area contributed by atoms with E-state index >= 15 is 0 Å². The van der Waals surface area contributed by atoms with E-state index < -0.39 is 6.10 Å². The van der Waals surface area contributed by atoms with Gasteiger partial charge in [-0.1, -0.05) is 51.5 Å². The van der Waals surface area contributed by atoms with Gasteiger partial charge in [-0.3, -0.25) is 0 Å². The molecule has 0 heterocycles. The van der Waals surface area contributed by atoms with Crippen LogP contribution in [0.25, 0.3) is 0 Å². The minimum atomic E-state index is -0.427.